The number of benzene rings is 1. The Balaban J connectivity index is 1.78. The Hall–Kier alpha value is -2.25. The van der Waals surface area contributed by atoms with Gasteiger partial charge in [0.15, 0.2) is 0 Å². The van der Waals surface area contributed by atoms with Crippen LogP contribution in [-0.2, 0) is 16.1 Å². The second kappa shape index (κ2) is 9.02. The van der Waals surface area contributed by atoms with Gasteiger partial charge in [-0.3, -0.25) is 14.2 Å². The fourth-order valence-electron chi connectivity index (χ4n) is 2.17. The molecule has 0 unspecified atom stereocenters. The number of ether oxygens (including phenoxy) is 1. The van der Waals surface area contributed by atoms with Crippen LogP contribution >= 0.6 is 0 Å². The van der Waals surface area contributed by atoms with Crippen molar-refractivity contribution in [3.05, 3.63) is 40.9 Å². The van der Waals surface area contributed by atoms with Crippen molar-refractivity contribution in [2.45, 2.75) is 13.0 Å². The summed E-state index contributed by atoms with van der Waals surface area (Å²) in [5.41, 5.74) is 0.546. The van der Waals surface area contributed by atoms with E-state index in [4.69, 9.17) is 4.74 Å². The molecular formula is C16H22N4O3. The quantitative estimate of drug-likeness (QED) is 0.642. The number of nitrogens with one attached hydrogen (secondary N) is 2. The lowest BCUT2D eigenvalue weighted by Crippen LogP contribution is -2.34. The molecule has 2 aromatic rings. The number of hydrogen-bond donors (Lipinski definition) is 2. The molecule has 0 saturated heterocycles. The van der Waals surface area contributed by atoms with E-state index in [1.165, 1.54) is 10.9 Å². The van der Waals surface area contributed by atoms with Crippen molar-refractivity contribution in [3.63, 3.8) is 0 Å². The first-order chi connectivity index (χ1) is 11.2. The Bertz CT molecular complexity index is 699. The first-order valence-electron chi connectivity index (χ1n) is 7.63. The second-order valence-corrected chi connectivity index (χ2v) is 5.10. The van der Waals surface area contributed by atoms with Crippen molar-refractivity contribution >= 4 is 16.8 Å². The number of fused-ring (bicyclic) bond motifs is 1. The minimum Gasteiger partial charge on any atom is -0.383 e. The highest BCUT2D eigenvalue weighted by atomic mass is 16.5. The summed E-state index contributed by atoms with van der Waals surface area (Å²) in [6.45, 7) is 2.95. The van der Waals surface area contributed by atoms with Gasteiger partial charge in [-0.1, -0.05) is 12.1 Å². The molecule has 23 heavy (non-hydrogen) atoms. The van der Waals surface area contributed by atoms with Crippen molar-refractivity contribution < 1.29 is 9.53 Å². The molecule has 1 aromatic heterocycles. The fraction of sp³-hybridized carbons (Fsp3) is 0.438. The van der Waals surface area contributed by atoms with E-state index in [-0.39, 0.29) is 17.9 Å². The van der Waals surface area contributed by atoms with Gasteiger partial charge < -0.3 is 15.4 Å². The molecule has 0 atom stereocenters. The van der Waals surface area contributed by atoms with Crippen LogP contribution in [0.25, 0.3) is 10.9 Å². The van der Waals surface area contributed by atoms with E-state index in [1.54, 1.807) is 25.3 Å². The first-order valence-corrected chi connectivity index (χ1v) is 7.63. The van der Waals surface area contributed by atoms with Crippen LogP contribution in [0, 0.1) is 0 Å². The molecule has 124 valence electrons. The topological polar surface area (TPSA) is 85.2 Å². The number of aryl methyl sites for hydroxylation is 1. The number of para-hydroxylation sites is 1. The summed E-state index contributed by atoms with van der Waals surface area (Å²) >= 11 is 0. The van der Waals surface area contributed by atoms with E-state index in [0.29, 0.717) is 37.1 Å². The lowest BCUT2D eigenvalue weighted by Gasteiger charge is -2.08. The maximum absolute atomic E-state index is 12.3. The van der Waals surface area contributed by atoms with Gasteiger partial charge >= 0.3 is 0 Å². The summed E-state index contributed by atoms with van der Waals surface area (Å²) in [4.78, 5) is 28.3. The maximum Gasteiger partial charge on any atom is 0.261 e. The highest BCUT2D eigenvalue weighted by Crippen LogP contribution is 2.04. The Morgan fingerprint density at radius 3 is 2.91 bits per heavy atom. The largest absolute Gasteiger partial charge is 0.383 e. The van der Waals surface area contributed by atoms with Gasteiger partial charge in [-0.15, -0.1) is 0 Å². The van der Waals surface area contributed by atoms with Crippen LogP contribution in [-0.4, -0.2) is 48.8 Å². The molecule has 7 heteroatoms. The Morgan fingerprint density at radius 2 is 2.09 bits per heavy atom. The summed E-state index contributed by atoms with van der Waals surface area (Å²) < 4.78 is 6.38. The highest BCUT2D eigenvalue weighted by Gasteiger charge is 2.06. The summed E-state index contributed by atoms with van der Waals surface area (Å²) in [6.07, 6.45) is 1.74. The molecule has 0 aliphatic carbocycles. The smallest absolute Gasteiger partial charge is 0.261 e. The summed E-state index contributed by atoms with van der Waals surface area (Å²) in [7, 11) is 1.65. The Morgan fingerprint density at radius 1 is 1.26 bits per heavy atom. The van der Waals surface area contributed by atoms with Gasteiger partial charge in [-0.25, -0.2) is 4.98 Å². The molecule has 0 radical (unpaired) electrons. The molecule has 0 saturated carbocycles. The van der Waals surface area contributed by atoms with E-state index >= 15 is 0 Å². The molecule has 2 N–H and O–H groups in total. The molecule has 0 spiro atoms. The van der Waals surface area contributed by atoms with Gasteiger partial charge in [0.25, 0.3) is 5.56 Å². The van der Waals surface area contributed by atoms with E-state index < -0.39 is 0 Å². The highest BCUT2D eigenvalue weighted by molar-refractivity contribution is 5.77. The van der Waals surface area contributed by atoms with Crippen LogP contribution in [0.5, 0.6) is 0 Å². The predicted molar refractivity (Wildman–Crippen MR) is 88.4 cm³/mol. The third-order valence-corrected chi connectivity index (χ3v) is 3.42. The third kappa shape index (κ3) is 5.15. The fourth-order valence-corrected chi connectivity index (χ4v) is 2.17. The number of carbonyl (C=O) groups is 1. The molecule has 1 aromatic carbocycles. The average Bonchev–Trinajstić information content (AvgIpc) is 2.57. The van der Waals surface area contributed by atoms with Gasteiger partial charge in [0.1, 0.15) is 0 Å². The number of amides is 1. The van der Waals surface area contributed by atoms with Gasteiger partial charge in [0.05, 0.1) is 23.8 Å². The molecule has 0 bridgehead atoms. The Kier molecular flexibility index (Phi) is 6.71. The minimum absolute atomic E-state index is 0.0846. The van der Waals surface area contributed by atoms with Gasteiger partial charge in [-0.05, 0) is 12.1 Å². The van der Waals surface area contributed by atoms with Crippen molar-refractivity contribution in [2.24, 2.45) is 0 Å². The zero-order chi connectivity index (χ0) is 16.5. The monoisotopic (exact) mass is 318 g/mol. The molecule has 0 aliphatic heterocycles. The SMILES string of the molecule is COCCNCCNC(=O)CCn1cnc2ccccc2c1=O. The number of nitrogens with zero attached hydrogens (tertiary/aromatic N) is 2. The minimum atomic E-state index is -0.121. The maximum atomic E-state index is 12.3. The normalized spacial score (nSPS) is 10.8. The van der Waals surface area contributed by atoms with Crippen LogP contribution in [0.4, 0.5) is 0 Å². The van der Waals surface area contributed by atoms with Crippen molar-refractivity contribution in [1.29, 1.82) is 0 Å². The van der Waals surface area contributed by atoms with Crippen molar-refractivity contribution in [2.75, 3.05) is 33.4 Å². The van der Waals surface area contributed by atoms with Crippen LogP contribution in [0.3, 0.4) is 0 Å². The van der Waals surface area contributed by atoms with Gasteiger partial charge in [-0.2, -0.15) is 0 Å². The van der Waals surface area contributed by atoms with E-state index in [2.05, 4.69) is 15.6 Å². The number of carbonyl (C=O) groups excluding carboxylic acids is 1. The summed E-state index contributed by atoms with van der Waals surface area (Å²) in [5.74, 6) is -0.0846. The Labute approximate surface area is 134 Å². The number of aromatic nitrogens is 2. The number of rotatable bonds is 9. The molecular weight excluding hydrogens is 296 g/mol. The van der Waals surface area contributed by atoms with Gasteiger partial charge in [0.2, 0.25) is 5.91 Å². The molecule has 1 amide bonds. The second-order valence-electron chi connectivity index (χ2n) is 5.10. The molecule has 7 nitrogen and oxygen atoms in total. The lowest BCUT2D eigenvalue weighted by molar-refractivity contribution is -0.121. The molecule has 0 aliphatic rings. The van der Waals surface area contributed by atoms with E-state index in [9.17, 15) is 9.59 Å². The average molecular weight is 318 g/mol. The third-order valence-electron chi connectivity index (χ3n) is 3.42. The summed E-state index contributed by atoms with van der Waals surface area (Å²) in [6, 6.07) is 7.18. The van der Waals surface area contributed by atoms with E-state index in [1.807, 2.05) is 6.07 Å². The van der Waals surface area contributed by atoms with Crippen LogP contribution < -0.4 is 16.2 Å². The van der Waals surface area contributed by atoms with Gasteiger partial charge in [0, 0.05) is 39.7 Å². The number of hydrogen-bond acceptors (Lipinski definition) is 5. The first kappa shape index (κ1) is 17.1. The molecule has 1 heterocycles. The number of methoxy groups -OCH3 is 1. The summed E-state index contributed by atoms with van der Waals surface area (Å²) in [5, 5.41) is 6.52. The van der Waals surface area contributed by atoms with Crippen molar-refractivity contribution in [3.8, 4) is 0 Å². The molecule has 2 rings (SSSR count). The van der Waals surface area contributed by atoms with E-state index in [0.717, 1.165) is 6.54 Å². The van der Waals surface area contributed by atoms with Crippen LogP contribution in [0.2, 0.25) is 0 Å². The van der Waals surface area contributed by atoms with Crippen LogP contribution in [0.1, 0.15) is 6.42 Å². The molecule has 0 fully saturated rings. The van der Waals surface area contributed by atoms with Crippen LogP contribution in [0.15, 0.2) is 35.4 Å². The predicted octanol–water partition coefficient (Wildman–Crippen LogP) is 0.139. The lowest BCUT2D eigenvalue weighted by atomic mass is 10.2. The standard InChI is InChI=1S/C16H22N4O3/c1-23-11-9-17-7-8-18-15(21)6-10-20-12-19-14-5-3-2-4-13(14)16(20)22/h2-5,12,17H,6-11H2,1H3,(H,18,21). The zero-order valence-corrected chi connectivity index (χ0v) is 13.2. The van der Waals surface area contributed by atoms with Crippen molar-refractivity contribution in [1.82, 2.24) is 20.2 Å². The zero-order valence-electron chi connectivity index (χ0n) is 13.2.